The topological polar surface area (TPSA) is 62.5 Å². The Bertz CT molecular complexity index is 500. The molecule has 6 heteroatoms. The number of halogens is 1. The second-order valence-corrected chi connectivity index (χ2v) is 5.29. The Labute approximate surface area is 113 Å². The first-order valence-electron chi connectivity index (χ1n) is 5.88. The zero-order valence-corrected chi connectivity index (χ0v) is 11.5. The van der Waals surface area contributed by atoms with Crippen LogP contribution in [-0.2, 0) is 11.3 Å². The molecule has 1 saturated heterocycles. The van der Waals surface area contributed by atoms with Gasteiger partial charge < -0.3 is 14.6 Å². The maximum absolute atomic E-state index is 12.1. The quantitative estimate of drug-likeness (QED) is 0.888. The van der Waals surface area contributed by atoms with Gasteiger partial charge in [-0.25, -0.2) is 0 Å². The Morgan fingerprint density at radius 1 is 1.50 bits per heavy atom. The average molecular weight is 315 g/mol. The fourth-order valence-electron chi connectivity index (χ4n) is 2.22. The number of aromatic nitrogens is 1. The summed E-state index contributed by atoms with van der Waals surface area (Å²) in [4.78, 5) is 25.3. The minimum Gasteiger partial charge on any atom is -0.394 e. The predicted octanol–water partition coefficient (Wildman–Crippen LogP) is 0.594. The second-order valence-electron chi connectivity index (χ2n) is 4.38. The van der Waals surface area contributed by atoms with Crippen LogP contribution < -0.4 is 5.56 Å². The molecule has 0 aromatic carbocycles. The number of aliphatic hydroxyl groups is 1. The molecular formula is C12H15BrN2O3. The van der Waals surface area contributed by atoms with Gasteiger partial charge in [-0.1, -0.05) is 0 Å². The fraction of sp³-hybridized carbons (Fsp3) is 0.500. The van der Waals surface area contributed by atoms with Gasteiger partial charge in [0.25, 0.3) is 5.56 Å². The third-order valence-electron chi connectivity index (χ3n) is 3.16. The van der Waals surface area contributed by atoms with Crippen LogP contribution in [0.3, 0.4) is 0 Å². The molecule has 0 radical (unpaired) electrons. The number of hydrogen-bond acceptors (Lipinski definition) is 3. The van der Waals surface area contributed by atoms with Crippen LogP contribution in [0.25, 0.3) is 0 Å². The van der Waals surface area contributed by atoms with Crippen molar-refractivity contribution >= 4 is 21.8 Å². The third kappa shape index (κ3) is 2.81. The molecule has 2 heterocycles. The van der Waals surface area contributed by atoms with Crippen LogP contribution in [0.15, 0.2) is 27.6 Å². The number of hydrogen-bond donors (Lipinski definition) is 1. The molecule has 1 aromatic heterocycles. The first kappa shape index (κ1) is 13.3. The van der Waals surface area contributed by atoms with Gasteiger partial charge in [-0.15, -0.1) is 0 Å². The van der Waals surface area contributed by atoms with Gasteiger partial charge in [0.15, 0.2) is 0 Å². The first-order chi connectivity index (χ1) is 8.61. The molecule has 1 unspecified atom stereocenters. The van der Waals surface area contributed by atoms with Gasteiger partial charge in [0, 0.05) is 23.3 Å². The molecular weight excluding hydrogens is 300 g/mol. The van der Waals surface area contributed by atoms with Crippen molar-refractivity contribution in [1.29, 1.82) is 0 Å². The number of likely N-dealkylation sites (tertiary alicyclic amines) is 1. The predicted molar refractivity (Wildman–Crippen MR) is 70.2 cm³/mol. The number of amides is 1. The van der Waals surface area contributed by atoms with Gasteiger partial charge in [-0.3, -0.25) is 9.59 Å². The zero-order chi connectivity index (χ0) is 13.1. The molecule has 1 aliphatic rings. The number of aliphatic hydroxyl groups excluding tert-OH is 1. The van der Waals surface area contributed by atoms with E-state index in [4.69, 9.17) is 0 Å². The highest BCUT2D eigenvalue weighted by Gasteiger charge is 2.27. The first-order valence-corrected chi connectivity index (χ1v) is 6.67. The summed E-state index contributed by atoms with van der Waals surface area (Å²) in [5, 5.41) is 9.18. The van der Waals surface area contributed by atoms with Crippen molar-refractivity contribution in [3.8, 4) is 0 Å². The summed E-state index contributed by atoms with van der Waals surface area (Å²) in [5.41, 5.74) is -0.203. The zero-order valence-electron chi connectivity index (χ0n) is 9.88. The lowest BCUT2D eigenvalue weighted by atomic mass is 10.2. The van der Waals surface area contributed by atoms with E-state index in [0.717, 1.165) is 17.3 Å². The van der Waals surface area contributed by atoms with E-state index in [-0.39, 0.29) is 30.7 Å². The van der Waals surface area contributed by atoms with Crippen LogP contribution in [-0.4, -0.2) is 39.7 Å². The van der Waals surface area contributed by atoms with Crippen molar-refractivity contribution in [2.75, 3.05) is 13.2 Å². The summed E-state index contributed by atoms with van der Waals surface area (Å²) in [6.45, 7) is 0.667. The Morgan fingerprint density at radius 3 is 3.00 bits per heavy atom. The van der Waals surface area contributed by atoms with Crippen molar-refractivity contribution in [2.24, 2.45) is 0 Å². The Hall–Kier alpha value is -1.14. The van der Waals surface area contributed by atoms with Crippen LogP contribution in [0.4, 0.5) is 0 Å². The van der Waals surface area contributed by atoms with Crippen LogP contribution in [0.1, 0.15) is 12.8 Å². The molecule has 0 bridgehead atoms. The van der Waals surface area contributed by atoms with Gasteiger partial charge in [-0.2, -0.15) is 0 Å². The standard InChI is InChI=1S/C12H15BrN2O3/c13-9-3-4-11(17)14(6-9)7-12(18)15-5-1-2-10(15)8-16/h3-4,6,10,16H,1-2,5,7-8H2. The molecule has 0 spiro atoms. The monoisotopic (exact) mass is 314 g/mol. The molecule has 18 heavy (non-hydrogen) atoms. The molecule has 1 aromatic rings. The van der Waals surface area contributed by atoms with Crippen molar-refractivity contribution in [1.82, 2.24) is 9.47 Å². The van der Waals surface area contributed by atoms with E-state index in [9.17, 15) is 14.7 Å². The van der Waals surface area contributed by atoms with E-state index in [1.807, 2.05) is 0 Å². The van der Waals surface area contributed by atoms with E-state index < -0.39 is 0 Å². The van der Waals surface area contributed by atoms with E-state index in [0.29, 0.717) is 6.54 Å². The van der Waals surface area contributed by atoms with Crippen molar-refractivity contribution in [2.45, 2.75) is 25.4 Å². The Kier molecular flexibility index (Phi) is 4.19. The maximum atomic E-state index is 12.1. The number of rotatable bonds is 3. The van der Waals surface area contributed by atoms with E-state index in [1.54, 1.807) is 17.2 Å². The highest BCUT2D eigenvalue weighted by atomic mass is 79.9. The lowest BCUT2D eigenvalue weighted by Gasteiger charge is -2.23. The summed E-state index contributed by atoms with van der Waals surface area (Å²) in [6, 6.07) is 2.97. The normalized spacial score (nSPS) is 19.2. The molecule has 0 saturated carbocycles. The van der Waals surface area contributed by atoms with Crippen molar-refractivity contribution < 1.29 is 9.90 Å². The molecule has 0 aliphatic carbocycles. The Morgan fingerprint density at radius 2 is 2.28 bits per heavy atom. The molecule has 5 nitrogen and oxygen atoms in total. The van der Waals surface area contributed by atoms with Gasteiger partial charge >= 0.3 is 0 Å². The Balaban J connectivity index is 2.11. The van der Waals surface area contributed by atoms with Crippen LogP contribution in [0.5, 0.6) is 0 Å². The molecule has 1 N–H and O–H groups in total. The number of carbonyl (C=O) groups excluding carboxylic acids is 1. The highest BCUT2D eigenvalue weighted by molar-refractivity contribution is 9.10. The SMILES string of the molecule is O=C(Cn1cc(Br)ccc1=O)N1CCCC1CO. The van der Waals surface area contributed by atoms with E-state index in [1.165, 1.54) is 10.6 Å². The maximum Gasteiger partial charge on any atom is 0.251 e. The van der Waals surface area contributed by atoms with Gasteiger partial charge in [0.1, 0.15) is 6.54 Å². The smallest absolute Gasteiger partial charge is 0.251 e. The largest absolute Gasteiger partial charge is 0.394 e. The summed E-state index contributed by atoms with van der Waals surface area (Å²) >= 11 is 3.27. The lowest BCUT2D eigenvalue weighted by Crippen LogP contribution is -2.40. The van der Waals surface area contributed by atoms with Gasteiger partial charge in [0.2, 0.25) is 5.91 Å². The van der Waals surface area contributed by atoms with Gasteiger partial charge in [-0.05, 0) is 34.8 Å². The van der Waals surface area contributed by atoms with Crippen molar-refractivity contribution in [3.63, 3.8) is 0 Å². The lowest BCUT2D eigenvalue weighted by molar-refractivity contribution is -0.133. The number of nitrogens with zero attached hydrogens (tertiary/aromatic N) is 2. The summed E-state index contributed by atoms with van der Waals surface area (Å²) in [7, 11) is 0. The molecule has 1 fully saturated rings. The summed E-state index contributed by atoms with van der Waals surface area (Å²) in [5.74, 6) is -0.119. The minimum atomic E-state index is -0.203. The highest BCUT2D eigenvalue weighted by Crippen LogP contribution is 2.17. The molecule has 98 valence electrons. The van der Waals surface area contributed by atoms with Crippen LogP contribution in [0.2, 0.25) is 0 Å². The number of carbonyl (C=O) groups is 1. The van der Waals surface area contributed by atoms with Gasteiger partial charge in [0.05, 0.1) is 12.6 Å². The minimum absolute atomic E-state index is 0.0148. The van der Waals surface area contributed by atoms with Crippen molar-refractivity contribution in [3.05, 3.63) is 33.2 Å². The molecule has 1 atom stereocenters. The van der Waals surface area contributed by atoms with Crippen LogP contribution >= 0.6 is 15.9 Å². The average Bonchev–Trinajstić information content (AvgIpc) is 2.82. The summed E-state index contributed by atoms with van der Waals surface area (Å²) in [6.07, 6.45) is 3.34. The van der Waals surface area contributed by atoms with E-state index in [2.05, 4.69) is 15.9 Å². The van der Waals surface area contributed by atoms with Crippen LogP contribution in [0, 0.1) is 0 Å². The summed E-state index contributed by atoms with van der Waals surface area (Å²) < 4.78 is 2.13. The fourth-order valence-corrected chi connectivity index (χ4v) is 2.60. The molecule has 1 aliphatic heterocycles. The molecule has 2 rings (SSSR count). The second kappa shape index (κ2) is 5.67. The van der Waals surface area contributed by atoms with E-state index >= 15 is 0 Å². The number of pyridine rings is 1. The third-order valence-corrected chi connectivity index (χ3v) is 3.63. The molecule has 1 amide bonds.